The molecule has 1 aromatic heterocycles. The van der Waals surface area contributed by atoms with Crippen LogP contribution in [0.4, 0.5) is 5.82 Å². The molecular formula is C14H21BN2O3. The first-order chi connectivity index (χ1) is 9.30. The van der Waals surface area contributed by atoms with E-state index < -0.39 is 13.2 Å². The minimum absolute atomic E-state index is 0.371. The van der Waals surface area contributed by atoms with Crippen molar-refractivity contribution in [2.24, 2.45) is 0 Å². The van der Waals surface area contributed by atoms with Gasteiger partial charge in [0.25, 0.3) is 0 Å². The minimum Gasteiger partial charge on any atom is -0.399 e. The van der Waals surface area contributed by atoms with E-state index in [0.717, 1.165) is 23.4 Å². The molecule has 2 N–H and O–H groups in total. The highest BCUT2D eigenvalue weighted by molar-refractivity contribution is 6.62. The van der Waals surface area contributed by atoms with Crippen LogP contribution in [0.3, 0.4) is 0 Å². The smallest absolute Gasteiger partial charge is 0.399 e. The summed E-state index contributed by atoms with van der Waals surface area (Å²) in [5.74, 6) is 0.754. The largest absolute Gasteiger partial charge is 0.496 e. The molecule has 1 fully saturated rings. The van der Waals surface area contributed by atoms with Gasteiger partial charge in [-0.05, 0) is 34.1 Å². The number of anilines is 1. The zero-order valence-electron chi connectivity index (χ0n) is 12.4. The van der Waals surface area contributed by atoms with Crippen molar-refractivity contribution in [3.8, 4) is 0 Å². The molecule has 0 radical (unpaired) electrons. The zero-order valence-corrected chi connectivity index (χ0v) is 12.4. The monoisotopic (exact) mass is 276 g/mol. The summed E-state index contributed by atoms with van der Waals surface area (Å²) in [6, 6.07) is 1.93. The van der Waals surface area contributed by atoms with E-state index in [0.29, 0.717) is 6.42 Å². The van der Waals surface area contributed by atoms with E-state index in [1.165, 1.54) is 0 Å². The van der Waals surface area contributed by atoms with Crippen molar-refractivity contribution in [2.75, 3.05) is 11.9 Å². The molecule has 2 aliphatic heterocycles. The molecule has 1 saturated heterocycles. The average molecular weight is 276 g/mol. The van der Waals surface area contributed by atoms with Crippen LogP contribution in [0.1, 0.15) is 45.8 Å². The van der Waals surface area contributed by atoms with Crippen LogP contribution in [-0.2, 0) is 9.31 Å². The Balaban J connectivity index is 1.91. The van der Waals surface area contributed by atoms with Gasteiger partial charge in [-0.25, -0.2) is 4.98 Å². The summed E-state index contributed by atoms with van der Waals surface area (Å²) in [6.45, 7) is 8.84. The number of aliphatic hydroxyl groups is 1. The van der Waals surface area contributed by atoms with Crippen LogP contribution in [-0.4, -0.2) is 35.0 Å². The van der Waals surface area contributed by atoms with Gasteiger partial charge in [0, 0.05) is 23.8 Å². The second-order valence-corrected chi connectivity index (χ2v) is 6.53. The van der Waals surface area contributed by atoms with Crippen molar-refractivity contribution >= 4 is 18.4 Å². The topological polar surface area (TPSA) is 63.6 Å². The maximum atomic E-state index is 10.1. The number of aliphatic hydroxyl groups excluding tert-OH is 1. The Kier molecular flexibility index (Phi) is 3.08. The van der Waals surface area contributed by atoms with Crippen LogP contribution in [0.2, 0.25) is 0 Å². The maximum Gasteiger partial charge on any atom is 0.496 e. The number of hydrogen-bond donors (Lipinski definition) is 2. The second kappa shape index (κ2) is 4.45. The highest BCUT2D eigenvalue weighted by Crippen LogP contribution is 2.37. The molecule has 20 heavy (non-hydrogen) atoms. The minimum atomic E-state index is -0.471. The highest BCUT2D eigenvalue weighted by atomic mass is 16.7. The van der Waals surface area contributed by atoms with Gasteiger partial charge in [0.05, 0.1) is 17.3 Å². The summed E-state index contributed by atoms with van der Waals surface area (Å²) in [4.78, 5) is 4.38. The molecule has 0 spiro atoms. The fourth-order valence-corrected chi connectivity index (χ4v) is 2.49. The quantitative estimate of drug-likeness (QED) is 0.755. The Bertz CT molecular complexity index is 517. The lowest BCUT2D eigenvalue weighted by molar-refractivity contribution is 0.00578. The molecule has 5 nitrogen and oxygen atoms in total. The lowest BCUT2D eigenvalue weighted by Gasteiger charge is -2.32. The summed E-state index contributed by atoms with van der Waals surface area (Å²) in [7, 11) is -0.438. The van der Waals surface area contributed by atoms with E-state index in [4.69, 9.17) is 9.31 Å². The number of nitrogens with zero attached hydrogens (tertiary/aromatic N) is 1. The predicted octanol–water partition coefficient (Wildman–Crippen LogP) is 1.23. The van der Waals surface area contributed by atoms with E-state index in [2.05, 4.69) is 10.3 Å². The van der Waals surface area contributed by atoms with E-state index >= 15 is 0 Å². The van der Waals surface area contributed by atoms with Crippen molar-refractivity contribution in [3.63, 3.8) is 0 Å². The molecular weight excluding hydrogens is 255 g/mol. The predicted molar refractivity (Wildman–Crippen MR) is 78.0 cm³/mol. The fourth-order valence-electron chi connectivity index (χ4n) is 2.49. The van der Waals surface area contributed by atoms with E-state index in [-0.39, 0.29) is 11.2 Å². The molecule has 0 aliphatic carbocycles. The van der Waals surface area contributed by atoms with Gasteiger partial charge in [-0.2, -0.15) is 0 Å². The lowest BCUT2D eigenvalue weighted by atomic mass is 9.79. The first-order valence-corrected chi connectivity index (χ1v) is 7.07. The van der Waals surface area contributed by atoms with Crippen molar-refractivity contribution < 1.29 is 14.4 Å². The van der Waals surface area contributed by atoms with Crippen LogP contribution >= 0.6 is 0 Å². The number of hydrogen-bond acceptors (Lipinski definition) is 5. The SMILES string of the molecule is CC1(C)OB(c2cnc3c(c2)C(O)CCN3)OC1(C)C. The van der Waals surface area contributed by atoms with Crippen LogP contribution in [0.25, 0.3) is 0 Å². The summed E-state index contributed by atoms with van der Waals surface area (Å²) in [6.07, 6.45) is 1.98. The number of rotatable bonds is 1. The van der Waals surface area contributed by atoms with Crippen LogP contribution < -0.4 is 10.8 Å². The Hall–Kier alpha value is -1.11. The molecule has 2 aliphatic rings. The van der Waals surface area contributed by atoms with Crippen LogP contribution in [0.15, 0.2) is 12.3 Å². The summed E-state index contributed by atoms with van der Waals surface area (Å²) in [5.41, 5.74) is 0.933. The first kappa shape index (κ1) is 13.9. The number of pyridine rings is 1. The van der Waals surface area contributed by atoms with E-state index in [1.807, 2.05) is 33.8 Å². The molecule has 0 amide bonds. The Morgan fingerprint density at radius 2 is 1.95 bits per heavy atom. The Labute approximate surface area is 119 Å². The average Bonchev–Trinajstić information content (AvgIpc) is 2.59. The molecule has 0 saturated carbocycles. The zero-order chi connectivity index (χ0) is 14.5. The Morgan fingerprint density at radius 1 is 1.30 bits per heavy atom. The summed E-state index contributed by atoms with van der Waals surface area (Å²) in [5, 5.41) is 13.3. The lowest BCUT2D eigenvalue weighted by Crippen LogP contribution is -2.41. The highest BCUT2D eigenvalue weighted by Gasteiger charge is 2.52. The fraction of sp³-hybridized carbons (Fsp3) is 0.643. The first-order valence-electron chi connectivity index (χ1n) is 7.07. The van der Waals surface area contributed by atoms with Gasteiger partial charge >= 0.3 is 7.12 Å². The third-order valence-corrected chi connectivity index (χ3v) is 4.53. The molecule has 3 heterocycles. The second-order valence-electron chi connectivity index (χ2n) is 6.53. The van der Waals surface area contributed by atoms with Gasteiger partial charge in [0.15, 0.2) is 0 Å². The summed E-state index contributed by atoms with van der Waals surface area (Å²) < 4.78 is 12.0. The Morgan fingerprint density at radius 3 is 2.60 bits per heavy atom. The standard InChI is InChI=1S/C14H21BN2O3/c1-13(2)14(3,4)20-15(19-13)9-7-10-11(18)5-6-16-12(10)17-8-9/h7-8,11,18H,5-6H2,1-4H3,(H,16,17). The van der Waals surface area contributed by atoms with Gasteiger partial charge in [-0.3, -0.25) is 0 Å². The molecule has 6 heteroatoms. The number of nitrogens with one attached hydrogen (secondary N) is 1. The van der Waals surface area contributed by atoms with Gasteiger partial charge < -0.3 is 19.7 Å². The normalized spacial score (nSPS) is 27.1. The van der Waals surface area contributed by atoms with Crippen molar-refractivity contribution in [1.29, 1.82) is 0 Å². The molecule has 3 rings (SSSR count). The van der Waals surface area contributed by atoms with Crippen molar-refractivity contribution in [3.05, 3.63) is 17.8 Å². The van der Waals surface area contributed by atoms with Gasteiger partial charge in [-0.1, -0.05) is 6.07 Å². The third kappa shape index (κ3) is 2.12. The van der Waals surface area contributed by atoms with E-state index in [1.54, 1.807) is 6.20 Å². The van der Waals surface area contributed by atoms with Gasteiger partial charge in [0.1, 0.15) is 5.82 Å². The molecule has 0 aromatic carbocycles. The number of fused-ring (bicyclic) bond motifs is 1. The van der Waals surface area contributed by atoms with E-state index in [9.17, 15) is 5.11 Å². The van der Waals surface area contributed by atoms with Crippen LogP contribution in [0, 0.1) is 0 Å². The summed E-state index contributed by atoms with van der Waals surface area (Å²) >= 11 is 0. The van der Waals surface area contributed by atoms with Crippen molar-refractivity contribution in [2.45, 2.75) is 51.4 Å². The van der Waals surface area contributed by atoms with Crippen molar-refractivity contribution in [1.82, 2.24) is 4.98 Å². The molecule has 0 bridgehead atoms. The van der Waals surface area contributed by atoms with Gasteiger partial charge in [-0.15, -0.1) is 0 Å². The molecule has 1 unspecified atom stereocenters. The van der Waals surface area contributed by atoms with Crippen LogP contribution in [0.5, 0.6) is 0 Å². The van der Waals surface area contributed by atoms with Gasteiger partial charge in [0.2, 0.25) is 0 Å². The number of aromatic nitrogens is 1. The molecule has 1 atom stereocenters. The maximum absolute atomic E-state index is 10.1. The third-order valence-electron chi connectivity index (χ3n) is 4.53. The molecule has 1 aromatic rings. The molecule has 108 valence electrons.